The molecular weight excluding hydrogens is 492 g/mol. The Morgan fingerprint density at radius 3 is 2.32 bits per heavy atom. The Bertz CT molecular complexity index is 1160. The van der Waals surface area contributed by atoms with Gasteiger partial charge in [-0.2, -0.15) is 0 Å². The van der Waals surface area contributed by atoms with E-state index in [0.29, 0.717) is 0 Å². The first kappa shape index (κ1) is 29.7. The number of rotatable bonds is 5. The lowest BCUT2D eigenvalue weighted by molar-refractivity contribution is -0.118. The summed E-state index contributed by atoms with van der Waals surface area (Å²) in [5, 5.41) is 12.5. The highest BCUT2D eigenvalue weighted by atomic mass is 32.2. The number of hydrogen-bond acceptors (Lipinski definition) is 6. The van der Waals surface area contributed by atoms with E-state index in [2.05, 4.69) is 42.3 Å². The molecule has 5 nitrogen and oxygen atoms in total. The first-order chi connectivity index (χ1) is 18.4. The summed E-state index contributed by atoms with van der Waals surface area (Å²) < 4.78 is 5.34. The van der Waals surface area contributed by atoms with Crippen molar-refractivity contribution in [1.29, 1.82) is 0 Å². The highest BCUT2D eigenvalue weighted by molar-refractivity contribution is 8.01. The number of ketones is 1. The number of fused-ring (bicyclic) bond motifs is 1. The quantitative estimate of drug-likeness (QED) is 0.349. The fourth-order valence-corrected chi connectivity index (χ4v) is 5.95. The number of methoxy groups -OCH3 is 1. The average molecular weight is 535 g/mol. The molecule has 0 radical (unpaired) electrons. The number of aromatic nitrogens is 1. The van der Waals surface area contributed by atoms with Gasteiger partial charge in [0.1, 0.15) is 17.4 Å². The fourth-order valence-electron chi connectivity index (χ4n) is 4.76. The molecule has 0 amide bonds. The van der Waals surface area contributed by atoms with Gasteiger partial charge in [-0.25, -0.2) is 4.98 Å². The summed E-state index contributed by atoms with van der Waals surface area (Å²) in [6.45, 7) is 6.01. The lowest BCUT2D eigenvalue weighted by Crippen LogP contribution is -2.17. The van der Waals surface area contributed by atoms with Crippen molar-refractivity contribution in [2.75, 3.05) is 19.5 Å². The highest BCUT2D eigenvalue weighted by Crippen LogP contribution is 2.44. The summed E-state index contributed by atoms with van der Waals surface area (Å²) >= 11 is 1.45. The number of hydrogen-bond donors (Lipinski definition) is 2. The van der Waals surface area contributed by atoms with Crippen molar-refractivity contribution in [3.63, 3.8) is 0 Å². The van der Waals surface area contributed by atoms with Crippen LogP contribution in [0.5, 0.6) is 5.75 Å². The van der Waals surface area contributed by atoms with Crippen LogP contribution in [-0.2, 0) is 11.2 Å². The SMILES string of the molecule is CC(=O)C1Sc2ccccc2C1O.CC1CCCCC1.CCc1cc(-c2ccc(NC)nc2)ccc1OC. The van der Waals surface area contributed by atoms with Crippen LogP contribution in [0.1, 0.15) is 70.1 Å². The molecule has 6 heteroatoms. The molecule has 2 aliphatic rings. The average Bonchev–Trinajstić information content (AvgIpc) is 3.30. The number of aryl methyl sites for hydroxylation is 1. The van der Waals surface area contributed by atoms with E-state index in [1.165, 1.54) is 61.9 Å². The monoisotopic (exact) mass is 534 g/mol. The van der Waals surface area contributed by atoms with E-state index in [4.69, 9.17) is 4.74 Å². The zero-order valence-corrected chi connectivity index (χ0v) is 24.2. The molecule has 1 aromatic heterocycles. The van der Waals surface area contributed by atoms with Crippen LogP contribution >= 0.6 is 11.8 Å². The van der Waals surface area contributed by atoms with Gasteiger partial charge in [0.05, 0.1) is 18.5 Å². The second-order valence-electron chi connectivity index (χ2n) is 9.94. The van der Waals surface area contributed by atoms with E-state index in [9.17, 15) is 9.90 Å². The van der Waals surface area contributed by atoms with Crippen LogP contribution in [0, 0.1) is 5.92 Å². The van der Waals surface area contributed by atoms with E-state index in [0.717, 1.165) is 39.9 Å². The number of carbonyl (C=O) groups is 1. The number of aliphatic hydroxyl groups is 1. The Hall–Kier alpha value is -2.83. The Morgan fingerprint density at radius 1 is 1.08 bits per heavy atom. The van der Waals surface area contributed by atoms with Gasteiger partial charge < -0.3 is 15.2 Å². The molecule has 5 rings (SSSR count). The van der Waals surface area contributed by atoms with E-state index >= 15 is 0 Å². The number of ether oxygens (including phenoxy) is 1. The maximum absolute atomic E-state index is 11.1. The summed E-state index contributed by atoms with van der Waals surface area (Å²) in [6, 6.07) is 17.9. The fraction of sp³-hybridized carbons (Fsp3) is 0.438. The molecule has 3 aromatic rings. The Balaban J connectivity index is 0.000000174. The van der Waals surface area contributed by atoms with Gasteiger partial charge in [0.2, 0.25) is 0 Å². The number of pyridine rings is 1. The van der Waals surface area contributed by atoms with Crippen LogP contribution in [-0.4, -0.2) is 35.3 Å². The molecule has 1 aliphatic heterocycles. The number of carbonyl (C=O) groups excluding carboxylic acids is 1. The molecule has 0 saturated heterocycles. The third kappa shape index (κ3) is 8.08. The summed E-state index contributed by atoms with van der Waals surface area (Å²) in [5.74, 6) is 2.89. The van der Waals surface area contributed by atoms with Crippen molar-refractivity contribution >= 4 is 23.4 Å². The first-order valence-electron chi connectivity index (χ1n) is 13.6. The second kappa shape index (κ2) is 14.9. The lowest BCUT2D eigenvalue weighted by Gasteiger charge is -2.15. The minimum atomic E-state index is -0.626. The van der Waals surface area contributed by atoms with Gasteiger partial charge in [0.15, 0.2) is 0 Å². The molecule has 1 fully saturated rings. The number of benzene rings is 2. The minimum Gasteiger partial charge on any atom is -0.496 e. The normalized spacial score (nSPS) is 18.3. The molecule has 1 aliphatic carbocycles. The van der Waals surface area contributed by atoms with Crippen LogP contribution in [0.4, 0.5) is 5.82 Å². The van der Waals surface area contributed by atoms with Gasteiger partial charge >= 0.3 is 0 Å². The van der Waals surface area contributed by atoms with Crippen LogP contribution < -0.4 is 10.1 Å². The van der Waals surface area contributed by atoms with Crippen molar-refractivity contribution in [3.05, 3.63) is 71.9 Å². The molecule has 2 aromatic carbocycles. The van der Waals surface area contributed by atoms with Crippen LogP contribution in [0.2, 0.25) is 0 Å². The van der Waals surface area contributed by atoms with Crippen molar-refractivity contribution < 1.29 is 14.6 Å². The summed E-state index contributed by atoms with van der Waals surface area (Å²) in [6.07, 6.45) is 9.65. The Labute approximate surface area is 232 Å². The van der Waals surface area contributed by atoms with Crippen LogP contribution in [0.25, 0.3) is 11.1 Å². The number of anilines is 1. The third-order valence-corrected chi connectivity index (χ3v) is 8.56. The number of nitrogens with zero attached hydrogens (tertiary/aromatic N) is 1. The largest absolute Gasteiger partial charge is 0.496 e. The number of thioether (sulfide) groups is 1. The predicted octanol–water partition coefficient (Wildman–Crippen LogP) is 7.73. The van der Waals surface area contributed by atoms with Gasteiger partial charge in [-0.15, -0.1) is 11.8 Å². The molecular formula is C32H42N2O3S. The molecule has 2 N–H and O–H groups in total. The van der Waals surface area contributed by atoms with E-state index < -0.39 is 6.10 Å². The first-order valence-corrected chi connectivity index (χ1v) is 14.5. The van der Waals surface area contributed by atoms with Crippen molar-refractivity contribution in [2.45, 2.75) is 75.5 Å². The standard InChI is InChI=1S/C15H18N2O.C10H10O2S.C7H14/c1-4-11-9-12(5-7-14(11)18-3)13-6-8-15(16-2)17-10-13;1-6(11)10-9(12)7-4-2-3-5-8(7)13-10;1-7-5-3-2-4-6-7/h5-10H,4H2,1-3H3,(H,16,17);2-5,9-10,12H,1H3;7H,2-6H2,1H3. The van der Waals surface area contributed by atoms with Gasteiger partial charge in [0.25, 0.3) is 0 Å². The van der Waals surface area contributed by atoms with Gasteiger partial charge in [-0.1, -0.05) is 70.2 Å². The maximum atomic E-state index is 11.1. The van der Waals surface area contributed by atoms with Crippen LogP contribution in [0.15, 0.2) is 65.7 Å². The number of nitrogens with one attached hydrogen (secondary N) is 1. The minimum absolute atomic E-state index is 0.0358. The van der Waals surface area contributed by atoms with Gasteiger partial charge in [0, 0.05) is 23.7 Å². The third-order valence-electron chi connectivity index (χ3n) is 7.09. The molecule has 2 unspecified atom stereocenters. The molecule has 1 saturated carbocycles. The molecule has 0 bridgehead atoms. The molecule has 0 spiro atoms. The highest BCUT2D eigenvalue weighted by Gasteiger charge is 2.34. The predicted molar refractivity (Wildman–Crippen MR) is 159 cm³/mol. The van der Waals surface area contributed by atoms with Crippen molar-refractivity contribution in [2.24, 2.45) is 5.92 Å². The summed E-state index contributed by atoms with van der Waals surface area (Å²) in [7, 11) is 3.57. The number of aliphatic hydroxyl groups excluding tert-OH is 1. The summed E-state index contributed by atoms with van der Waals surface area (Å²) in [5.41, 5.74) is 4.38. The Morgan fingerprint density at radius 2 is 1.79 bits per heavy atom. The topological polar surface area (TPSA) is 71.5 Å². The molecule has 38 heavy (non-hydrogen) atoms. The molecule has 204 valence electrons. The van der Waals surface area contributed by atoms with Gasteiger partial charge in [-0.05, 0) is 66.3 Å². The smallest absolute Gasteiger partial charge is 0.146 e. The van der Waals surface area contributed by atoms with E-state index in [1.54, 1.807) is 7.11 Å². The van der Waals surface area contributed by atoms with Crippen LogP contribution in [0.3, 0.4) is 0 Å². The molecule has 2 heterocycles. The van der Waals surface area contributed by atoms with E-state index in [-0.39, 0.29) is 11.0 Å². The van der Waals surface area contributed by atoms with Gasteiger partial charge in [-0.3, -0.25) is 4.79 Å². The summed E-state index contributed by atoms with van der Waals surface area (Å²) in [4.78, 5) is 16.5. The molecule has 2 atom stereocenters. The maximum Gasteiger partial charge on any atom is 0.146 e. The second-order valence-corrected chi connectivity index (χ2v) is 11.1. The Kier molecular flexibility index (Phi) is 11.7. The van der Waals surface area contributed by atoms with E-state index in [1.807, 2.05) is 49.6 Å². The lowest BCUT2D eigenvalue weighted by atomic mass is 9.91. The number of Topliss-reactive ketones (excluding diaryl/α,β-unsaturated/α-hetero) is 1. The van der Waals surface area contributed by atoms with Crippen molar-refractivity contribution in [3.8, 4) is 16.9 Å². The zero-order chi connectivity index (χ0) is 27.5. The zero-order valence-electron chi connectivity index (χ0n) is 23.4. The van der Waals surface area contributed by atoms with Crippen molar-refractivity contribution in [1.82, 2.24) is 4.98 Å².